The average molecular weight is 288 g/mol. The van der Waals surface area contributed by atoms with Crippen LogP contribution in [0.15, 0.2) is 42.4 Å². The second-order valence-electron chi connectivity index (χ2n) is 4.31. The fourth-order valence-corrected chi connectivity index (χ4v) is 3.15. The fraction of sp³-hybridized carbons (Fsp3) is 0.214. The quantitative estimate of drug-likeness (QED) is 0.482. The summed E-state index contributed by atoms with van der Waals surface area (Å²) in [6, 6.07) is 5.46. The summed E-state index contributed by atoms with van der Waals surface area (Å²) in [7, 11) is 0. The molecular formula is C14H12N2O3S. The highest BCUT2D eigenvalue weighted by Gasteiger charge is 2.43. The Morgan fingerprint density at radius 3 is 3.15 bits per heavy atom. The van der Waals surface area contributed by atoms with Crippen LogP contribution in [0.25, 0.3) is 6.08 Å². The molecule has 0 aromatic carbocycles. The van der Waals surface area contributed by atoms with Crippen molar-refractivity contribution in [1.29, 1.82) is 0 Å². The number of β-lactam (4-membered cyclic amide) rings is 1. The molecule has 1 amide bonds. The first-order valence-corrected chi connectivity index (χ1v) is 7.23. The largest absolute Gasteiger partial charge is 0.430 e. The van der Waals surface area contributed by atoms with E-state index in [-0.39, 0.29) is 11.3 Å². The van der Waals surface area contributed by atoms with E-state index in [9.17, 15) is 9.59 Å². The van der Waals surface area contributed by atoms with Gasteiger partial charge in [0.15, 0.2) is 0 Å². The lowest BCUT2D eigenvalue weighted by atomic mass is 10.1. The zero-order valence-corrected chi connectivity index (χ0v) is 11.4. The minimum atomic E-state index is -0.504. The lowest BCUT2D eigenvalue weighted by molar-refractivity contribution is -0.146. The molecule has 0 unspecified atom stereocenters. The highest BCUT2D eigenvalue weighted by Crippen LogP contribution is 2.37. The molecular weight excluding hydrogens is 276 g/mol. The maximum Gasteiger partial charge on any atom is 0.359 e. The van der Waals surface area contributed by atoms with Gasteiger partial charge >= 0.3 is 5.97 Å². The van der Waals surface area contributed by atoms with Gasteiger partial charge in [-0.15, -0.1) is 11.8 Å². The summed E-state index contributed by atoms with van der Waals surface area (Å²) < 4.78 is 5.06. The van der Waals surface area contributed by atoms with Crippen molar-refractivity contribution in [2.24, 2.45) is 0 Å². The van der Waals surface area contributed by atoms with E-state index >= 15 is 0 Å². The van der Waals surface area contributed by atoms with Crippen LogP contribution in [0.2, 0.25) is 0 Å². The van der Waals surface area contributed by atoms with E-state index in [0.29, 0.717) is 17.8 Å². The van der Waals surface area contributed by atoms with Crippen molar-refractivity contribution in [3.05, 3.63) is 48.1 Å². The van der Waals surface area contributed by atoms with Crippen LogP contribution in [0.5, 0.6) is 0 Å². The van der Waals surface area contributed by atoms with Crippen molar-refractivity contribution in [1.82, 2.24) is 9.88 Å². The molecule has 2 aliphatic heterocycles. The Labute approximate surface area is 120 Å². The number of carbonyl (C=O) groups is 2. The number of ether oxygens (including phenoxy) is 1. The van der Waals surface area contributed by atoms with Gasteiger partial charge in [-0.05, 0) is 24.3 Å². The summed E-state index contributed by atoms with van der Waals surface area (Å²) in [4.78, 5) is 29.1. The zero-order valence-electron chi connectivity index (χ0n) is 10.6. The number of fused-ring (bicyclic) bond motifs is 1. The van der Waals surface area contributed by atoms with Crippen molar-refractivity contribution in [2.75, 3.05) is 5.75 Å². The molecule has 0 saturated carbocycles. The van der Waals surface area contributed by atoms with Gasteiger partial charge in [-0.1, -0.05) is 6.07 Å². The molecule has 2 aliphatic rings. The molecule has 0 radical (unpaired) electrons. The van der Waals surface area contributed by atoms with Gasteiger partial charge in [0.05, 0.1) is 23.8 Å². The maximum atomic E-state index is 12.0. The first-order valence-electron chi connectivity index (χ1n) is 6.18. The SMILES string of the molecule is O=C(O/C=C/c1ccccn1)C1=CCS[C@@H]2CC(=O)N12. The Kier molecular flexibility index (Phi) is 3.56. The number of hydrogen-bond acceptors (Lipinski definition) is 5. The lowest BCUT2D eigenvalue weighted by Gasteiger charge is -2.42. The van der Waals surface area contributed by atoms with Gasteiger partial charge in [-0.3, -0.25) is 14.7 Å². The van der Waals surface area contributed by atoms with Crippen molar-refractivity contribution < 1.29 is 14.3 Å². The predicted octanol–water partition coefficient (Wildman–Crippen LogP) is 1.78. The maximum absolute atomic E-state index is 12.0. The van der Waals surface area contributed by atoms with Crippen LogP contribution in [0.4, 0.5) is 0 Å². The van der Waals surface area contributed by atoms with Gasteiger partial charge in [0.25, 0.3) is 0 Å². The molecule has 0 aliphatic carbocycles. The topological polar surface area (TPSA) is 59.5 Å². The van der Waals surface area contributed by atoms with Gasteiger partial charge in [-0.2, -0.15) is 0 Å². The zero-order chi connectivity index (χ0) is 13.9. The van der Waals surface area contributed by atoms with Gasteiger partial charge in [0.1, 0.15) is 5.70 Å². The Bertz CT molecular complexity index is 598. The summed E-state index contributed by atoms with van der Waals surface area (Å²) in [5.41, 5.74) is 1.04. The first kappa shape index (κ1) is 12.9. The second kappa shape index (κ2) is 5.50. The third kappa shape index (κ3) is 2.46. The van der Waals surface area contributed by atoms with Crippen molar-refractivity contribution in [2.45, 2.75) is 11.8 Å². The Morgan fingerprint density at radius 1 is 1.50 bits per heavy atom. The second-order valence-corrected chi connectivity index (χ2v) is 5.52. The molecule has 20 heavy (non-hydrogen) atoms. The number of carbonyl (C=O) groups excluding carboxylic acids is 2. The summed E-state index contributed by atoms with van der Waals surface area (Å²) in [5, 5.41) is 0.0924. The lowest BCUT2D eigenvalue weighted by Crippen LogP contribution is -2.53. The predicted molar refractivity (Wildman–Crippen MR) is 75.2 cm³/mol. The van der Waals surface area contributed by atoms with Crippen LogP contribution in [0, 0.1) is 0 Å². The van der Waals surface area contributed by atoms with Gasteiger partial charge in [0, 0.05) is 11.9 Å². The Hall–Kier alpha value is -2.08. The molecule has 3 rings (SSSR count). The van der Waals surface area contributed by atoms with Crippen LogP contribution < -0.4 is 0 Å². The highest BCUT2D eigenvalue weighted by atomic mass is 32.2. The average Bonchev–Trinajstić information content (AvgIpc) is 2.46. The molecule has 5 nitrogen and oxygen atoms in total. The third-order valence-corrected chi connectivity index (χ3v) is 4.16. The number of nitrogens with zero attached hydrogens (tertiary/aromatic N) is 2. The number of rotatable bonds is 3. The number of thioether (sulfide) groups is 1. The number of pyridine rings is 1. The molecule has 1 atom stereocenters. The third-order valence-electron chi connectivity index (χ3n) is 3.04. The van der Waals surface area contributed by atoms with Crippen LogP contribution in [-0.4, -0.2) is 32.9 Å². The van der Waals surface area contributed by atoms with E-state index in [4.69, 9.17) is 4.74 Å². The highest BCUT2D eigenvalue weighted by molar-refractivity contribution is 8.00. The van der Waals surface area contributed by atoms with E-state index in [1.54, 1.807) is 36.2 Å². The van der Waals surface area contributed by atoms with Crippen LogP contribution in [0.1, 0.15) is 12.1 Å². The molecule has 0 spiro atoms. The molecule has 0 N–H and O–H groups in total. The Morgan fingerprint density at radius 2 is 2.40 bits per heavy atom. The van der Waals surface area contributed by atoms with Crippen LogP contribution in [0.3, 0.4) is 0 Å². The van der Waals surface area contributed by atoms with Gasteiger partial charge in [-0.25, -0.2) is 4.79 Å². The molecule has 1 aromatic heterocycles. The van der Waals surface area contributed by atoms with E-state index in [1.165, 1.54) is 11.2 Å². The minimum Gasteiger partial charge on any atom is -0.430 e. The Balaban J connectivity index is 1.63. The molecule has 3 heterocycles. The summed E-state index contributed by atoms with van der Waals surface area (Å²) >= 11 is 1.65. The van der Waals surface area contributed by atoms with E-state index in [2.05, 4.69) is 4.98 Å². The molecule has 102 valence electrons. The van der Waals surface area contributed by atoms with Crippen LogP contribution >= 0.6 is 11.8 Å². The standard InChI is InChI=1S/C14H12N2O3S/c17-12-9-13-16(12)11(5-8-20-13)14(18)19-7-4-10-3-1-2-6-15-10/h1-7,13H,8-9H2/b7-4+/t13-/m1/s1. The molecule has 1 saturated heterocycles. The van der Waals surface area contributed by atoms with Crippen molar-refractivity contribution in [3.63, 3.8) is 0 Å². The molecule has 0 bridgehead atoms. The minimum absolute atomic E-state index is 0.0286. The molecule has 6 heteroatoms. The molecule has 1 aromatic rings. The van der Waals surface area contributed by atoms with E-state index in [0.717, 1.165) is 5.75 Å². The number of esters is 1. The van der Waals surface area contributed by atoms with E-state index in [1.807, 2.05) is 12.1 Å². The summed E-state index contributed by atoms with van der Waals surface area (Å²) in [5.74, 6) is 0.192. The van der Waals surface area contributed by atoms with Gasteiger partial charge < -0.3 is 4.74 Å². The fourth-order valence-electron chi connectivity index (χ4n) is 2.03. The monoisotopic (exact) mass is 288 g/mol. The van der Waals surface area contributed by atoms with Gasteiger partial charge in [0.2, 0.25) is 5.91 Å². The normalized spacial score (nSPS) is 21.2. The smallest absolute Gasteiger partial charge is 0.359 e. The first-order chi connectivity index (χ1) is 9.75. The molecule has 1 fully saturated rings. The number of hydrogen-bond donors (Lipinski definition) is 0. The van der Waals surface area contributed by atoms with E-state index < -0.39 is 5.97 Å². The number of aromatic nitrogens is 1. The summed E-state index contributed by atoms with van der Waals surface area (Å²) in [6.07, 6.45) is 6.79. The van der Waals surface area contributed by atoms with Crippen LogP contribution in [-0.2, 0) is 14.3 Å². The summed E-state index contributed by atoms with van der Waals surface area (Å²) in [6.45, 7) is 0. The van der Waals surface area contributed by atoms with Crippen molar-refractivity contribution in [3.8, 4) is 0 Å². The van der Waals surface area contributed by atoms with Crippen molar-refractivity contribution >= 4 is 29.7 Å². The number of amides is 1.